The SMILES string of the molecule is CCC(N)C(Sc1ccc(S(C)(=O)=O)cc1)c1ccsc1. The summed E-state index contributed by atoms with van der Waals surface area (Å²) in [5.74, 6) is 0. The van der Waals surface area contributed by atoms with Crippen LogP contribution in [0.1, 0.15) is 24.2 Å². The van der Waals surface area contributed by atoms with Gasteiger partial charge in [-0.1, -0.05) is 6.92 Å². The Hall–Kier alpha value is -0.820. The third kappa shape index (κ3) is 4.32. The van der Waals surface area contributed by atoms with E-state index in [1.807, 2.05) is 12.1 Å². The Labute approximate surface area is 134 Å². The average molecular weight is 342 g/mol. The normalized spacial score (nSPS) is 14.8. The van der Waals surface area contributed by atoms with Crippen molar-refractivity contribution in [1.82, 2.24) is 0 Å². The van der Waals surface area contributed by atoms with Crippen molar-refractivity contribution in [2.24, 2.45) is 5.73 Å². The molecule has 0 aliphatic rings. The van der Waals surface area contributed by atoms with Gasteiger partial charge in [-0.2, -0.15) is 11.3 Å². The van der Waals surface area contributed by atoms with Gasteiger partial charge in [-0.05, 0) is 53.1 Å². The van der Waals surface area contributed by atoms with Gasteiger partial charge in [0.15, 0.2) is 9.84 Å². The predicted octanol–water partition coefficient (Wildman–Crippen LogP) is 3.72. The molecule has 2 N–H and O–H groups in total. The third-order valence-electron chi connectivity index (χ3n) is 3.25. The summed E-state index contributed by atoms with van der Waals surface area (Å²) in [6.45, 7) is 2.08. The van der Waals surface area contributed by atoms with E-state index in [1.165, 1.54) is 11.8 Å². The topological polar surface area (TPSA) is 60.2 Å². The van der Waals surface area contributed by atoms with Gasteiger partial charge in [0.05, 0.1) is 10.1 Å². The van der Waals surface area contributed by atoms with Crippen LogP contribution in [0.25, 0.3) is 0 Å². The molecule has 2 rings (SSSR count). The van der Waals surface area contributed by atoms with Crippen LogP contribution in [0.5, 0.6) is 0 Å². The van der Waals surface area contributed by atoms with E-state index in [4.69, 9.17) is 5.73 Å². The lowest BCUT2D eigenvalue weighted by molar-refractivity contribution is 0.602. The molecule has 6 heteroatoms. The number of rotatable bonds is 6. The van der Waals surface area contributed by atoms with Gasteiger partial charge in [-0.3, -0.25) is 0 Å². The third-order valence-corrected chi connectivity index (χ3v) is 6.50. The Morgan fingerprint density at radius 2 is 1.90 bits per heavy atom. The first kappa shape index (κ1) is 16.5. The van der Waals surface area contributed by atoms with Gasteiger partial charge < -0.3 is 5.73 Å². The predicted molar refractivity (Wildman–Crippen MR) is 90.7 cm³/mol. The van der Waals surface area contributed by atoms with Gasteiger partial charge in [0, 0.05) is 17.2 Å². The summed E-state index contributed by atoms with van der Waals surface area (Å²) in [4.78, 5) is 1.38. The van der Waals surface area contributed by atoms with Crippen LogP contribution in [-0.2, 0) is 9.84 Å². The Morgan fingerprint density at radius 1 is 1.24 bits per heavy atom. The molecular formula is C15H19NO2S3. The lowest BCUT2D eigenvalue weighted by atomic mass is 10.1. The van der Waals surface area contributed by atoms with Gasteiger partial charge in [-0.25, -0.2) is 8.42 Å². The highest BCUT2D eigenvalue weighted by atomic mass is 32.2. The fourth-order valence-electron chi connectivity index (χ4n) is 1.97. The van der Waals surface area contributed by atoms with E-state index in [0.29, 0.717) is 4.90 Å². The molecule has 0 spiro atoms. The highest BCUT2D eigenvalue weighted by Crippen LogP contribution is 2.39. The minimum Gasteiger partial charge on any atom is -0.326 e. The van der Waals surface area contributed by atoms with E-state index in [1.54, 1.807) is 35.2 Å². The standard InChI is InChI=1S/C15H19NO2S3/c1-3-14(16)15(11-8-9-19-10-11)20-12-4-6-13(7-5-12)21(2,17)18/h4-10,14-15H,3,16H2,1-2H3. The summed E-state index contributed by atoms with van der Waals surface area (Å²) in [5.41, 5.74) is 7.47. The number of thiophene rings is 1. The summed E-state index contributed by atoms with van der Waals surface area (Å²) < 4.78 is 23.0. The zero-order valence-corrected chi connectivity index (χ0v) is 14.5. The number of nitrogens with two attached hydrogens (primary N) is 1. The Bertz CT molecular complexity index is 663. The molecule has 1 aromatic carbocycles. The molecule has 0 amide bonds. The minimum atomic E-state index is -3.14. The Kier molecular flexibility index (Phi) is 5.48. The molecular weight excluding hydrogens is 322 g/mol. The van der Waals surface area contributed by atoms with E-state index < -0.39 is 9.84 Å². The van der Waals surface area contributed by atoms with Gasteiger partial charge in [0.25, 0.3) is 0 Å². The molecule has 0 bridgehead atoms. The number of thioether (sulfide) groups is 1. The van der Waals surface area contributed by atoms with Crippen molar-refractivity contribution >= 4 is 32.9 Å². The van der Waals surface area contributed by atoms with Crippen molar-refractivity contribution in [3.05, 3.63) is 46.7 Å². The van der Waals surface area contributed by atoms with Crippen LogP contribution in [0.15, 0.2) is 50.9 Å². The molecule has 0 aliphatic carbocycles. The van der Waals surface area contributed by atoms with Crippen molar-refractivity contribution < 1.29 is 8.42 Å². The average Bonchev–Trinajstić information content (AvgIpc) is 2.97. The molecule has 1 aromatic heterocycles. The van der Waals surface area contributed by atoms with Crippen molar-refractivity contribution in [2.45, 2.75) is 34.4 Å². The van der Waals surface area contributed by atoms with E-state index in [2.05, 4.69) is 23.8 Å². The first-order chi connectivity index (χ1) is 9.91. The van der Waals surface area contributed by atoms with E-state index >= 15 is 0 Å². The number of hydrogen-bond donors (Lipinski definition) is 1. The molecule has 2 atom stereocenters. The second kappa shape index (κ2) is 6.96. The Morgan fingerprint density at radius 3 is 2.38 bits per heavy atom. The fourth-order valence-corrected chi connectivity index (χ4v) is 4.62. The summed E-state index contributed by atoms with van der Waals surface area (Å²) in [5, 5.41) is 4.36. The van der Waals surface area contributed by atoms with Crippen LogP contribution in [0.2, 0.25) is 0 Å². The van der Waals surface area contributed by atoms with Crippen LogP contribution in [0.3, 0.4) is 0 Å². The molecule has 1 heterocycles. The monoisotopic (exact) mass is 341 g/mol. The van der Waals surface area contributed by atoms with Crippen molar-refractivity contribution in [1.29, 1.82) is 0 Å². The van der Waals surface area contributed by atoms with Crippen LogP contribution in [0.4, 0.5) is 0 Å². The zero-order valence-electron chi connectivity index (χ0n) is 12.0. The zero-order chi connectivity index (χ0) is 15.5. The van der Waals surface area contributed by atoms with Crippen LogP contribution in [0, 0.1) is 0 Å². The summed E-state index contributed by atoms with van der Waals surface area (Å²) in [6.07, 6.45) is 2.12. The van der Waals surface area contributed by atoms with Gasteiger partial charge in [0.2, 0.25) is 0 Å². The second-order valence-electron chi connectivity index (χ2n) is 4.91. The summed E-state index contributed by atoms with van der Waals surface area (Å²) in [7, 11) is -3.14. The molecule has 0 saturated carbocycles. The largest absolute Gasteiger partial charge is 0.326 e. The smallest absolute Gasteiger partial charge is 0.175 e. The maximum atomic E-state index is 11.5. The highest BCUT2D eigenvalue weighted by Gasteiger charge is 2.20. The minimum absolute atomic E-state index is 0.0687. The maximum Gasteiger partial charge on any atom is 0.175 e. The molecule has 21 heavy (non-hydrogen) atoms. The lowest BCUT2D eigenvalue weighted by Gasteiger charge is -2.21. The first-order valence-corrected chi connectivity index (χ1v) is 10.4. The quantitative estimate of drug-likeness (QED) is 0.814. The second-order valence-corrected chi connectivity index (χ2v) is 8.92. The molecule has 2 unspecified atom stereocenters. The summed E-state index contributed by atoms with van der Waals surface area (Å²) in [6, 6.07) is 9.17. The van der Waals surface area contributed by atoms with Crippen LogP contribution in [-0.4, -0.2) is 20.7 Å². The van der Waals surface area contributed by atoms with E-state index in [9.17, 15) is 8.42 Å². The maximum absolute atomic E-state index is 11.5. The number of hydrogen-bond acceptors (Lipinski definition) is 5. The van der Waals surface area contributed by atoms with Crippen LogP contribution >= 0.6 is 23.1 Å². The molecule has 0 radical (unpaired) electrons. The van der Waals surface area contributed by atoms with Gasteiger partial charge >= 0.3 is 0 Å². The molecule has 0 fully saturated rings. The van der Waals surface area contributed by atoms with E-state index in [0.717, 1.165) is 11.3 Å². The van der Waals surface area contributed by atoms with Crippen molar-refractivity contribution in [3.63, 3.8) is 0 Å². The van der Waals surface area contributed by atoms with E-state index in [-0.39, 0.29) is 11.3 Å². The number of benzene rings is 1. The molecule has 0 saturated heterocycles. The fraction of sp³-hybridized carbons (Fsp3) is 0.333. The molecule has 2 aromatic rings. The first-order valence-electron chi connectivity index (χ1n) is 6.66. The van der Waals surface area contributed by atoms with Crippen LogP contribution < -0.4 is 5.73 Å². The molecule has 0 aliphatic heterocycles. The Balaban J connectivity index is 2.21. The number of sulfone groups is 1. The van der Waals surface area contributed by atoms with Crippen molar-refractivity contribution in [2.75, 3.05) is 6.26 Å². The molecule has 114 valence electrons. The summed E-state index contributed by atoms with van der Waals surface area (Å²) >= 11 is 3.35. The molecule has 3 nitrogen and oxygen atoms in total. The lowest BCUT2D eigenvalue weighted by Crippen LogP contribution is -2.25. The van der Waals surface area contributed by atoms with Crippen molar-refractivity contribution in [3.8, 4) is 0 Å². The van der Waals surface area contributed by atoms with Gasteiger partial charge in [0.1, 0.15) is 0 Å². The highest BCUT2D eigenvalue weighted by molar-refractivity contribution is 7.99. The van der Waals surface area contributed by atoms with Gasteiger partial charge in [-0.15, -0.1) is 11.8 Å².